The van der Waals surface area contributed by atoms with Crippen LogP contribution in [0.4, 0.5) is 4.39 Å². The Morgan fingerprint density at radius 2 is 2.15 bits per heavy atom. The van der Waals surface area contributed by atoms with E-state index in [-0.39, 0.29) is 5.82 Å². The number of nitrogens with one attached hydrogen (secondary N) is 2. The zero-order valence-corrected chi connectivity index (χ0v) is 17.2. The van der Waals surface area contributed by atoms with Gasteiger partial charge in [0.1, 0.15) is 5.82 Å². The molecular formula is C20H33FN4S. The molecule has 1 saturated heterocycles. The van der Waals surface area contributed by atoms with Gasteiger partial charge in [0.2, 0.25) is 0 Å². The van der Waals surface area contributed by atoms with Crippen molar-refractivity contribution in [1.29, 1.82) is 0 Å². The summed E-state index contributed by atoms with van der Waals surface area (Å²) >= 11 is 1.70. The number of hydrogen-bond acceptors (Lipinski definition) is 3. The van der Waals surface area contributed by atoms with Gasteiger partial charge in [-0.2, -0.15) is 11.8 Å². The fourth-order valence-corrected chi connectivity index (χ4v) is 3.96. The zero-order chi connectivity index (χ0) is 18.8. The third-order valence-corrected chi connectivity index (χ3v) is 5.29. The number of thioether (sulfide) groups is 1. The minimum atomic E-state index is -0.176. The van der Waals surface area contributed by atoms with Crippen molar-refractivity contribution in [2.45, 2.75) is 39.0 Å². The molecule has 0 spiro atoms. The molecule has 0 aromatic heterocycles. The SMILES string of the molecule is CCCN1CCC(CNC(=NCc2ccc(F)cc2CSC)NCC)C1. The first kappa shape index (κ1) is 21.0. The number of nitrogens with zero attached hydrogens (tertiary/aromatic N) is 2. The lowest BCUT2D eigenvalue weighted by Gasteiger charge is -2.17. The van der Waals surface area contributed by atoms with Crippen molar-refractivity contribution in [2.75, 3.05) is 39.0 Å². The highest BCUT2D eigenvalue weighted by Crippen LogP contribution is 2.18. The van der Waals surface area contributed by atoms with E-state index in [2.05, 4.69) is 29.4 Å². The van der Waals surface area contributed by atoms with Gasteiger partial charge in [0.15, 0.2) is 5.96 Å². The Balaban J connectivity index is 1.92. The van der Waals surface area contributed by atoms with Gasteiger partial charge in [0, 0.05) is 25.4 Å². The van der Waals surface area contributed by atoms with Crippen LogP contribution >= 0.6 is 11.8 Å². The van der Waals surface area contributed by atoms with Crippen molar-refractivity contribution in [3.05, 3.63) is 35.1 Å². The van der Waals surface area contributed by atoms with Crippen LogP contribution in [0.3, 0.4) is 0 Å². The first-order chi connectivity index (χ1) is 12.7. The lowest BCUT2D eigenvalue weighted by Crippen LogP contribution is -2.40. The summed E-state index contributed by atoms with van der Waals surface area (Å²) in [7, 11) is 0. The van der Waals surface area contributed by atoms with E-state index in [0.29, 0.717) is 12.5 Å². The summed E-state index contributed by atoms with van der Waals surface area (Å²) in [6.45, 7) is 10.3. The van der Waals surface area contributed by atoms with E-state index < -0.39 is 0 Å². The summed E-state index contributed by atoms with van der Waals surface area (Å²) in [5.41, 5.74) is 2.12. The van der Waals surface area contributed by atoms with Crippen molar-refractivity contribution in [3.8, 4) is 0 Å². The molecule has 6 heteroatoms. The van der Waals surface area contributed by atoms with Gasteiger partial charge in [0.05, 0.1) is 6.54 Å². The Morgan fingerprint density at radius 3 is 2.88 bits per heavy atom. The molecule has 26 heavy (non-hydrogen) atoms. The largest absolute Gasteiger partial charge is 0.357 e. The average molecular weight is 381 g/mol. The van der Waals surface area contributed by atoms with Crippen molar-refractivity contribution in [2.24, 2.45) is 10.9 Å². The van der Waals surface area contributed by atoms with Crippen LogP contribution in [0.25, 0.3) is 0 Å². The van der Waals surface area contributed by atoms with Crippen molar-refractivity contribution in [3.63, 3.8) is 0 Å². The van der Waals surface area contributed by atoms with Crippen LogP contribution in [-0.2, 0) is 12.3 Å². The van der Waals surface area contributed by atoms with Gasteiger partial charge in [-0.1, -0.05) is 13.0 Å². The number of rotatable bonds is 9. The molecule has 4 nitrogen and oxygen atoms in total. The van der Waals surface area contributed by atoms with Gasteiger partial charge in [-0.25, -0.2) is 9.38 Å². The van der Waals surface area contributed by atoms with Crippen molar-refractivity contribution in [1.82, 2.24) is 15.5 Å². The molecule has 1 aliphatic rings. The number of hydrogen-bond donors (Lipinski definition) is 2. The first-order valence-electron chi connectivity index (χ1n) is 9.67. The molecule has 1 fully saturated rings. The number of benzene rings is 1. The highest BCUT2D eigenvalue weighted by atomic mass is 32.2. The fraction of sp³-hybridized carbons (Fsp3) is 0.650. The summed E-state index contributed by atoms with van der Waals surface area (Å²) in [5, 5.41) is 6.81. The highest BCUT2D eigenvalue weighted by Gasteiger charge is 2.21. The molecule has 2 rings (SSSR count). The smallest absolute Gasteiger partial charge is 0.191 e. The van der Waals surface area contributed by atoms with Crippen molar-refractivity contribution < 1.29 is 4.39 Å². The van der Waals surface area contributed by atoms with E-state index in [1.165, 1.54) is 38.5 Å². The summed E-state index contributed by atoms with van der Waals surface area (Å²) in [5.74, 6) is 2.16. The molecule has 1 heterocycles. The zero-order valence-electron chi connectivity index (χ0n) is 16.4. The molecule has 1 atom stereocenters. The second kappa shape index (κ2) is 11.4. The van der Waals surface area contributed by atoms with Gasteiger partial charge in [-0.3, -0.25) is 0 Å². The van der Waals surface area contributed by atoms with E-state index in [0.717, 1.165) is 35.9 Å². The molecule has 2 N–H and O–H groups in total. The van der Waals surface area contributed by atoms with Crippen LogP contribution in [0, 0.1) is 11.7 Å². The topological polar surface area (TPSA) is 39.7 Å². The third-order valence-electron chi connectivity index (χ3n) is 4.69. The molecule has 0 bridgehead atoms. The lowest BCUT2D eigenvalue weighted by atomic mass is 10.1. The molecule has 1 aliphatic heterocycles. The second-order valence-electron chi connectivity index (χ2n) is 6.88. The standard InChI is InChI=1S/C20H33FN4S/c1-4-9-25-10-8-16(14-25)12-23-20(22-5-2)24-13-17-6-7-19(21)11-18(17)15-26-3/h6-7,11,16H,4-5,8-10,12-15H2,1-3H3,(H2,22,23,24). The molecule has 0 amide bonds. The fourth-order valence-electron chi connectivity index (χ4n) is 3.38. The normalized spacial score (nSPS) is 18.3. The van der Waals surface area contributed by atoms with Gasteiger partial charge in [0.25, 0.3) is 0 Å². The summed E-state index contributed by atoms with van der Waals surface area (Å²) in [4.78, 5) is 7.27. The van der Waals surface area contributed by atoms with Crippen LogP contribution in [0.1, 0.15) is 37.8 Å². The van der Waals surface area contributed by atoms with E-state index >= 15 is 0 Å². The molecule has 0 saturated carbocycles. The molecule has 0 radical (unpaired) electrons. The lowest BCUT2D eigenvalue weighted by molar-refractivity contribution is 0.324. The van der Waals surface area contributed by atoms with Crippen LogP contribution in [-0.4, -0.2) is 49.8 Å². The Hall–Kier alpha value is -1.27. The minimum absolute atomic E-state index is 0.176. The molecule has 0 aliphatic carbocycles. The summed E-state index contributed by atoms with van der Waals surface area (Å²) in [6.07, 6.45) is 4.51. The number of aliphatic imine (C=N–C) groups is 1. The Labute approximate surface area is 162 Å². The number of halogens is 1. The first-order valence-corrected chi connectivity index (χ1v) is 11.1. The maximum Gasteiger partial charge on any atom is 0.191 e. The Kier molecular flexibility index (Phi) is 9.26. The monoisotopic (exact) mass is 380 g/mol. The molecular weight excluding hydrogens is 347 g/mol. The second-order valence-corrected chi connectivity index (χ2v) is 7.74. The van der Waals surface area contributed by atoms with E-state index in [4.69, 9.17) is 4.99 Å². The van der Waals surface area contributed by atoms with E-state index in [1.807, 2.05) is 12.3 Å². The molecule has 1 unspecified atom stereocenters. The third kappa shape index (κ3) is 6.80. The summed E-state index contributed by atoms with van der Waals surface area (Å²) in [6, 6.07) is 5.01. The molecule has 1 aromatic rings. The highest BCUT2D eigenvalue weighted by molar-refractivity contribution is 7.97. The van der Waals surface area contributed by atoms with Crippen LogP contribution in [0.5, 0.6) is 0 Å². The predicted octanol–water partition coefficient (Wildman–Crippen LogP) is 3.48. The average Bonchev–Trinajstić information content (AvgIpc) is 3.07. The predicted molar refractivity (Wildman–Crippen MR) is 111 cm³/mol. The quantitative estimate of drug-likeness (QED) is 0.508. The van der Waals surface area contributed by atoms with Crippen molar-refractivity contribution >= 4 is 17.7 Å². The van der Waals surface area contributed by atoms with Gasteiger partial charge in [-0.15, -0.1) is 0 Å². The number of likely N-dealkylation sites (tertiary alicyclic amines) is 1. The van der Waals surface area contributed by atoms with E-state index in [9.17, 15) is 4.39 Å². The maximum atomic E-state index is 13.5. The molecule has 146 valence electrons. The van der Waals surface area contributed by atoms with E-state index in [1.54, 1.807) is 17.8 Å². The summed E-state index contributed by atoms with van der Waals surface area (Å²) < 4.78 is 13.5. The van der Waals surface area contributed by atoms with Gasteiger partial charge >= 0.3 is 0 Å². The maximum absolute atomic E-state index is 13.5. The minimum Gasteiger partial charge on any atom is -0.357 e. The van der Waals surface area contributed by atoms with Gasteiger partial charge < -0.3 is 15.5 Å². The van der Waals surface area contributed by atoms with Gasteiger partial charge in [-0.05, 0) is 68.3 Å². The van der Waals surface area contributed by atoms with Crippen LogP contribution < -0.4 is 10.6 Å². The Bertz CT molecular complexity index is 579. The molecule has 1 aromatic carbocycles. The van der Waals surface area contributed by atoms with Crippen LogP contribution in [0.15, 0.2) is 23.2 Å². The van der Waals surface area contributed by atoms with Crippen LogP contribution in [0.2, 0.25) is 0 Å². The Morgan fingerprint density at radius 1 is 1.31 bits per heavy atom. The number of guanidine groups is 1.